The Morgan fingerprint density at radius 3 is 2.45 bits per heavy atom. The fourth-order valence-electron chi connectivity index (χ4n) is 5.09. The lowest BCUT2D eigenvalue weighted by molar-refractivity contribution is -0.130. The predicted molar refractivity (Wildman–Crippen MR) is 146 cm³/mol. The lowest BCUT2D eigenvalue weighted by atomic mass is 9.96. The summed E-state index contributed by atoms with van der Waals surface area (Å²) >= 11 is 0. The van der Waals surface area contributed by atoms with Gasteiger partial charge in [0.25, 0.3) is 5.91 Å². The highest BCUT2D eigenvalue weighted by Crippen LogP contribution is 2.27. The summed E-state index contributed by atoms with van der Waals surface area (Å²) in [6, 6.07) is 13.8. The van der Waals surface area contributed by atoms with Crippen molar-refractivity contribution in [3.63, 3.8) is 0 Å². The molecular formula is C30H41N3O5. The van der Waals surface area contributed by atoms with Crippen molar-refractivity contribution in [2.45, 2.75) is 71.1 Å². The molecule has 3 amide bonds. The highest BCUT2D eigenvalue weighted by molar-refractivity contribution is 6.06. The highest BCUT2D eigenvalue weighted by Gasteiger charge is 2.43. The van der Waals surface area contributed by atoms with Crippen molar-refractivity contribution in [1.29, 1.82) is 0 Å². The molecule has 2 fully saturated rings. The molecule has 4 rings (SSSR count). The van der Waals surface area contributed by atoms with Gasteiger partial charge in [-0.3, -0.25) is 14.6 Å². The smallest absolute Gasteiger partial charge is 0.325 e. The number of urea groups is 1. The standard InChI is InChI=1S/C30H41N3O5/c1-22-7-12-26(23(2)19-22)38-21-30(36)13-5-15-32(17-14-30)20-24-8-10-25(11-9-24)37-18-6-16-33-27(34)29(3,4)31-28(33)35/h7-12,19,36H,5-6,13-18,20-21H2,1-4H3,(H,31,35)/t30-/m0/s1. The lowest BCUT2D eigenvalue weighted by Gasteiger charge is -2.27. The van der Waals surface area contributed by atoms with E-state index in [0.29, 0.717) is 32.6 Å². The Hall–Kier alpha value is -3.10. The topological polar surface area (TPSA) is 91.3 Å². The second-order valence-electron chi connectivity index (χ2n) is 11.3. The Balaban J connectivity index is 1.19. The van der Waals surface area contributed by atoms with Crippen LogP contribution in [0.4, 0.5) is 4.79 Å². The predicted octanol–water partition coefficient (Wildman–Crippen LogP) is 4.20. The largest absolute Gasteiger partial charge is 0.494 e. The first kappa shape index (κ1) is 27.9. The summed E-state index contributed by atoms with van der Waals surface area (Å²) in [5.41, 5.74) is 1.83. The molecule has 1 atom stereocenters. The zero-order valence-electron chi connectivity index (χ0n) is 23.1. The fourth-order valence-corrected chi connectivity index (χ4v) is 5.09. The van der Waals surface area contributed by atoms with E-state index in [1.807, 2.05) is 31.2 Å². The maximum atomic E-state index is 12.3. The molecule has 2 N–H and O–H groups in total. The van der Waals surface area contributed by atoms with E-state index >= 15 is 0 Å². The molecule has 8 heteroatoms. The average molecular weight is 524 g/mol. The van der Waals surface area contributed by atoms with Gasteiger partial charge in [0.1, 0.15) is 23.6 Å². The second kappa shape index (κ2) is 11.7. The summed E-state index contributed by atoms with van der Waals surface area (Å²) in [5, 5.41) is 13.9. The Morgan fingerprint density at radius 1 is 1.00 bits per heavy atom. The fraction of sp³-hybridized carbons (Fsp3) is 0.533. The molecule has 2 aliphatic rings. The number of ether oxygens (including phenoxy) is 2. The molecule has 0 aliphatic carbocycles. The van der Waals surface area contributed by atoms with Crippen molar-refractivity contribution in [3.05, 3.63) is 59.2 Å². The number of rotatable bonds is 10. The van der Waals surface area contributed by atoms with E-state index in [9.17, 15) is 14.7 Å². The van der Waals surface area contributed by atoms with Gasteiger partial charge in [-0.1, -0.05) is 29.8 Å². The Morgan fingerprint density at radius 2 is 1.76 bits per heavy atom. The number of amides is 3. The van der Waals surface area contributed by atoms with Crippen LogP contribution < -0.4 is 14.8 Å². The van der Waals surface area contributed by atoms with Crippen molar-refractivity contribution >= 4 is 11.9 Å². The summed E-state index contributed by atoms with van der Waals surface area (Å²) in [6.45, 7) is 11.1. The van der Waals surface area contributed by atoms with Crippen LogP contribution in [0, 0.1) is 13.8 Å². The van der Waals surface area contributed by atoms with E-state index in [1.54, 1.807) is 13.8 Å². The van der Waals surface area contributed by atoms with Crippen LogP contribution in [0.2, 0.25) is 0 Å². The molecule has 2 aromatic rings. The molecule has 38 heavy (non-hydrogen) atoms. The van der Waals surface area contributed by atoms with Gasteiger partial charge in [-0.2, -0.15) is 0 Å². The Kier molecular flexibility index (Phi) is 8.63. The number of nitrogens with zero attached hydrogens (tertiary/aromatic N) is 2. The van der Waals surface area contributed by atoms with Gasteiger partial charge in [-0.25, -0.2) is 4.79 Å². The van der Waals surface area contributed by atoms with Gasteiger partial charge in [0.05, 0.1) is 12.2 Å². The third-order valence-corrected chi connectivity index (χ3v) is 7.41. The van der Waals surface area contributed by atoms with Crippen molar-refractivity contribution in [1.82, 2.24) is 15.1 Å². The van der Waals surface area contributed by atoms with Gasteiger partial charge in [0.15, 0.2) is 0 Å². The van der Waals surface area contributed by atoms with Crippen molar-refractivity contribution < 1.29 is 24.2 Å². The van der Waals surface area contributed by atoms with Gasteiger partial charge >= 0.3 is 6.03 Å². The molecule has 0 aromatic heterocycles. The third-order valence-electron chi connectivity index (χ3n) is 7.41. The minimum atomic E-state index is -0.839. The summed E-state index contributed by atoms with van der Waals surface area (Å²) in [4.78, 5) is 27.9. The first-order valence-electron chi connectivity index (χ1n) is 13.6. The van der Waals surface area contributed by atoms with E-state index in [-0.39, 0.29) is 11.9 Å². The summed E-state index contributed by atoms with van der Waals surface area (Å²) in [5.74, 6) is 1.40. The van der Waals surface area contributed by atoms with Gasteiger partial charge < -0.3 is 19.9 Å². The number of hydrogen-bond acceptors (Lipinski definition) is 6. The minimum Gasteiger partial charge on any atom is -0.494 e. The lowest BCUT2D eigenvalue weighted by Crippen LogP contribution is -2.40. The molecule has 2 saturated heterocycles. The van der Waals surface area contributed by atoms with Crippen LogP contribution >= 0.6 is 0 Å². The zero-order chi connectivity index (χ0) is 27.3. The molecule has 206 valence electrons. The van der Waals surface area contributed by atoms with Crippen molar-refractivity contribution in [3.8, 4) is 11.5 Å². The Bertz CT molecular complexity index is 1130. The Labute approximate surface area is 225 Å². The maximum Gasteiger partial charge on any atom is 0.325 e. The van der Waals surface area contributed by atoms with Gasteiger partial charge in [0, 0.05) is 19.6 Å². The van der Waals surface area contributed by atoms with Gasteiger partial charge in [-0.05, 0) is 89.2 Å². The molecule has 2 aromatic carbocycles. The normalized spacial score (nSPS) is 21.8. The summed E-state index contributed by atoms with van der Waals surface area (Å²) in [6.07, 6.45) is 2.89. The number of likely N-dealkylation sites (tertiary alicyclic amines) is 1. The molecule has 0 radical (unpaired) electrons. The SMILES string of the molecule is Cc1ccc(OC[C@]2(O)CCCN(Cc3ccc(OCCCN4C(=O)NC(C)(C)C4=O)cc3)CC2)c(C)c1. The number of aliphatic hydroxyl groups is 1. The molecule has 2 heterocycles. The number of aryl methyl sites for hydroxylation is 2. The first-order chi connectivity index (χ1) is 18.0. The number of carbonyl (C=O) groups is 2. The number of benzene rings is 2. The number of hydrogen-bond donors (Lipinski definition) is 2. The number of imide groups is 1. The van der Waals surface area contributed by atoms with Crippen LogP contribution in [0.1, 0.15) is 56.2 Å². The molecule has 8 nitrogen and oxygen atoms in total. The maximum absolute atomic E-state index is 12.3. The molecule has 0 unspecified atom stereocenters. The average Bonchev–Trinajstić information content (AvgIpc) is 2.97. The van der Waals surface area contributed by atoms with E-state index in [2.05, 4.69) is 35.3 Å². The van der Waals surface area contributed by atoms with Crippen LogP contribution in [0.3, 0.4) is 0 Å². The van der Waals surface area contributed by atoms with E-state index in [4.69, 9.17) is 9.47 Å². The zero-order valence-corrected chi connectivity index (χ0v) is 23.1. The molecule has 0 spiro atoms. The van der Waals surface area contributed by atoms with E-state index in [1.165, 1.54) is 16.0 Å². The van der Waals surface area contributed by atoms with Crippen LogP contribution in [-0.4, -0.2) is 70.8 Å². The van der Waals surface area contributed by atoms with E-state index < -0.39 is 11.1 Å². The molecule has 2 aliphatic heterocycles. The summed E-state index contributed by atoms with van der Waals surface area (Å²) in [7, 11) is 0. The minimum absolute atomic E-state index is 0.201. The quantitative estimate of drug-likeness (QED) is 0.358. The van der Waals surface area contributed by atoms with E-state index in [0.717, 1.165) is 49.5 Å². The second-order valence-corrected chi connectivity index (χ2v) is 11.3. The molecule has 0 saturated carbocycles. The number of nitrogens with one attached hydrogen (secondary N) is 1. The first-order valence-corrected chi connectivity index (χ1v) is 13.6. The van der Waals surface area contributed by atoms with Crippen LogP contribution in [0.15, 0.2) is 42.5 Å². The van der Waals surface area contributed by atoms with Crippen LogP contribution in [0.5, 0.6) is 11.5 Å². The molecule has 0 bridgehead atoms. The van der Waals surface area contributed by atoms with Gasteiger partial charge in [-0.15, -0.1) is 0 Å². The highest BCUT2D eigenvalue weighted by atomic mass is 16.5. The van der Waals surface area contributed by atoms with Crippen molar-refractivity contribution in [2.24, 2.45) is 0 Å². The summed E-state index contributed by atoms with van der Waals surface area (Å²) < 4.78 is 11.9. The van der Waals surface area contributed by atoms with Crippen LogP contribution in [0.25, 0.3) is 0 Å². The monoisotopic (exact) mass is 523 g/mol. The van der Waals surface area contributed by atoms with Gasteiger partial charge in [0.2, 0.25) is 0 Å². The number of carbonyl (C=O) groups excluding carboxylic acids is 2. The van der Waals surface area contributed by atoms with Crippen molar-refractivity contribution in [2.75, 3.05) is 32.8 Å². The molecular weight excluding hydrogens is 482 g/mol. The van der Waals surface area contributed by atoms with Crippen LogP contribution in [-0.2, 0) is 11.3 Å². The third kappa shape index (κ3) is 7.05.